The number of ether oxygens (including phenoxy) is 4. The van der Waals surface area contributed by atoms with Crippen molar-refractivity contribution < 1.29 is 28.6 Å². The van der Waals surface area contributed by atoms with E-state index in [4.69, 9.17) is 23.8 Å². The van der Waals surface area contributed by atoms with Crippen LogP contribution in [0.2, 0.25) is 0 Å². The van der Waals surface area contributed by atoms with Gasteiger partial charge in [-0.05, 0) is 32.3 Å². The van der Waals surface area contributed by atoms with E-state index in [0.29, 0.717) is 45.8 Å². The van der Waals surface area contributed by atoms with Gasteiger partial charge in [-0.2, -0.15) is 5.48 Å². The topological polar surface area (TPSA) is 87.3 Å². The van der Waals surface area contributed by atoms with E-state index in [0.717, 1.165) is 24.2 Å². The fraction of sp³-hybridized carbons (Fsp3) is 0.857. The second kappa shape index (κ2) is 18.8. The number of hydrogen-bond donors (Lipinski definition) is 2. The first kappa shape index (κ1) is 27.8. The number of rotatable bonds is 19. The van der Waals surface area contributed by atoms with Gasteiger partial charge in [0.15, 0.2) is 0 Å². The molecule has 2 unspecified atom stereocenters. The Labute approximate surface area is 176 Å². The van der Waals surface area contributed by atoms with Crippen LogP contribution in [0.5, 0.6) is 0 Å². The number of hydroxylamine groups is 1. The smallest absolute Gasteiger partial charge is 0.219 e. The van der Waals surface area contributed by atoms with Gasteiger partial charge in [0, 0.05) is 32.6 Å². The molecule has 8 heteroatoms. The van der Waals surface area contributed by atoms with Crippen LogP contribution in [-0.4, -0.2) is 58.0 Å². The summed E-state index contributed by atoms with van der Waals surface area (Å²) in [5.41, 5.74) is 3.75. The Morgan fingerprint density at radius 3 is 2.31 bits per heavy atom. The molecule has 0 spiro atoms. The summed E-state index contributed by atoms with van der Waals surface area (Å²) in [6.07, 6.45) is 2.56. The number of hydrogen-bond acceptors (Lipinski definition) is 7. The van der Waals surface area contributed by atoms with Gasteiger partial charge in [-0.1, -0.05) is 27.7 Å². The summed E-state index contributed by atoms with van der Waals surface area (Å²) in [6.45, 7) is 14.7. The van der Waals surface area contributed by atoms with Crippen molar-refractivity contribution in [2.45, 2.75) is 79.6 Å². The molecule has 0 saturated carbocycles. The summed E-state index contributed by atoms with van der Waals surface area (Å²) >= 11 is 0. The van der Waals surface area contributed by atoms with E-state index in [-0.39, 0.29) is 18.7 Å². The van der Waals surface area contributed by atoms with Gasteiger partial charge in [-0.15, -0.1) is 0 Å². The molecule has 0 aromatic rings. The van der Waals surface area contributed by atoms with Gasteiger partial charge in [-0.3, -0.25) is 9.63 Å². The maximum absolute atomic E-state index is 11.4. The van der Waals surface area contributed by atoms with E-state index in [1.165, 1.54) is 0 Å². The summed E-state index contributed by atoms with van der Waals surface area (Å²) in [5.74, 6) is 0.762. The zero-order chi connectivity index (χ0) is 21.9. The lowest BCUT2D eigenvalue weighted by atomic mass is 10.2. The van der Waals surface area contributed by atoms with Gasteiger partial charge < -0.3 is 24.3 Å². The molecule has 0 heterocycles. The summed E-state index contributed by atoms with van der Waals surface area (Å²) < 4.78 is 22.8. The monoisotopic (exact) mass is 418 g/mol. The fourth-order valence-electron chi connectivity index (χ4n) is 2.12. The molecule has 172 valence electrons. The molecule has 0 aromatic carbocycles. The van der Waals surface area contributed by atoms with Gasteiger partial charge in [-0.25, -0.2) is 0 Å². The standard InChI is InChI=1S/C21H42N2O6/c1-7-11-25-14-19(26-12-8-2)15-28-23-16-27-21(10-4)29-18(6)17(5)13-22-20(24)9-3/h19,21,23H,7-16H2,1-6H3,(H,22,24). The number of carbonyl (C=O) groups is 1. The number of allylic oxidation sites excluding steroid dienone is 1. The molecule has 0 aliphatic rings. The van der Waals surface area contributed by atoms with Crippen LogP contribution in [0, 0.1) is 0 Å². The van der Waals surface area contributed by atoms with E-state index >= 15 is 0 Å². The third-order valence-electron chi connectivity index (χ3n) is 4.02. The highest BCUT2D eigenvalue weighted by Crippen LogP contribution is 2.11. The first-order valence-corrected chi connectivity index (χ1v) is 10.7. The SMILES string of the molecule is CCCOCC(CONCOC(CC)OC(C)=C(C)CNC(=O)CC)OCCC. The van der Waals surface area contributed by atoms with Gasteiger partial charge in [0.05, 0.1) is 19.0 Å². The minimum atomic E-state index is -0.400. The van der Waals surface area contributed by atoms with E-state index in [1.54, 1.807) is 0 Å². The molecule has 0 aliphatic heterocycles. The maximum Gasteiger partial charge on any atom is 0.219 e. The molecule has 0 rings (SSSR count). The molecule has 2 N–H and O–H groups in total. The van der Waals surface area contributed by atoms with Gasteiger partial charge in [0.25, 0.3) is 0 Å². The van der Waals surface area contributed by atoms with E-state index in [9.17, 15) is 4.79 Å². The highest BCUT2D eigenvalue weighted by molar-refractivity contribution is 5.75. The average Bonchev–Trinajstić information content (AvgIpc) is 2.73. The predicted octanol–water partition coefficient (Wildman–Crippen LogP) is 3.28. The number of carbonyl (C=O) groups excluding carboxylic acids is 1. The van der Waals surface area contributed by atoms with Crippen LogP contribution in [0.1, 0.15) is 67.2 Å². The Kier molecular flexibility index (Phi) is 18.0. The average molecular weight is 419 g/mol. The lowest BCUT2D eigenvalue weighted by Gasteiger charge is -2.21. The highest BCUT2D eigenvalue weighted by Gasteiger charge is 2.12. The Balaban J connectivity index is 4.17. The van der Waals surface area contributed by atoms with Crippen LogP contribution in [0.25, 0.3) is 0 Å². The Hall–Kier alpha value is -1.19. The van der Waals surface area contributed by atoms with E-state index in [1.807, 2.05) is 27.7 Å². The third kappa shape index (κ3) is 15.3. The van der Waals surface area contributed by atoms with Crippen LogP contribution < -0.4 is 10.8 Å². The Morgan fingerprint density at radius 2 is 1.69 bits per heavy atom. The predicted molar refractivity (Wildman–Crippen MR) is 113 cm³/mol. The zero-order valence-electron chi connectivity index (χ0n) is 19.2. The van der Waals surface area contributed by atoms with Crippen molar-refractivity contribution in [3.63, 3.8) is 0 Å². The molecule has 0 aromatic heterocycles. The normalized spacial score (nSPS) is 14.3. The van der Waals surface area contributed by atoms with Crippen LogP contribution in [-0.2, 0) is 28.6 Å². The minimum Gasteiger partial charge on any atom is -0.470 e. The second-order valence-electron chi connectivity index (χ2n) is 6.76. The molecule has 0 saturated heterocycles. The van der Waals surface area contributed by atoms with Crippen LogP contribution in [0.4, 0.5) is 0 Å². The Morgan fingerprint density at radius 1 is 0.966 bits per heavy atom. The maximum atomic E-state index is 11.4. The number of nitrogens with one attached hydrogen (secondary N) is 2. The number of amides is 1. The van der Waals surface area contributed by atoms with Crippen molar-refractivity contribution in [1.29, 1.82) is 0 Å². The molecule has 1 amide bonds. The second-order valence-corrected chi connectivity index (χ2v) is 6.76. The summed E-state index contributed by atoms with van der Waals surface area (Å²) in [4.78, 5) is 16.8. The minimum absolute atomic E-state index is 0.0168. The molecule has 0 fully saturated rings. The summed E-state index contributed by atoms with van der Waals surface area (Å²) in [7, 11) is 0. The van der Waals surface area contributed by atoms with Crippen molar-refractivity contribution in [2.75, 3.05) is 39.7 Å². The molecule has 0 radical (unpaired) electrons. The lowest BCUT2D eigenvalue weighted by molar-refractivity contribution is -0.161. The van der Waals surface area contributed by atoms with Crippen molar-refractivity contribution in [1.82, 2.24) is 10.8 Å². The van der Waals surface area contributed by atoms with Crippen molar-refractivity contribution in [2.24, 2.45) is 0 Å². The van der Waals surface area contributed by atoms with Gasteiger partial charge in [0.1, 0.15) is 12.8 Å². The zero-order valence-corrected chi connectivity index (χ0v) is 19.2. The quantitative estimate of drug-likeness (QED) is 0.144. The van der Waals surface area contributed by atoms with Crippen LogP contribution >= 0.6 is 0 Å². The van der Waals surface area contributed by atoms with E-state index in [2.05, 4.69) is 24.6 Å². The van der Waals surface area contributed by atoms with Gasteiger partial charge >= 0.3 is 0 Å². The van der Waals surface area contributed by atoms with Crippen molar-refractivity contribution >= 4 is 5.91 Å². The summed E-state index contributed by atoms with van der Waals surface area (Å²) in [5, 5.41) is 2.84. The fourth-order valence-corrected chi connectivity index (χ4v) is 2.12. The van der Waals surface area contributed by atoms with Crippen molar-refractivity contribution in [3.05, 3.63) is 11.3 Å². The molecule has 0 aliphatic carbocycles. The first-order chi connectivity index (χ1) is 14.0. The Bertz CT molecular complexity index is 445. The van der Waals surface area contributed by atoms with Crippen LogP contribution in [0.15, 0.2) is 11.3 Å². The largest absolute Gasteiger partial charge is 0.470 e. The first-order valence-electron chi connectivity index (χ1n) is 10.7. The molecule has 29 heavy (non-hydrogen) atoms. The molecule has 2 atom stereocenters. The third-order valence-corrected chi connectivity index (χ3v) is 4.02. The van der Waals surface area contributed by atoms with Crippen LogP contribution in [0.3, 0.4) is 0 Å². The van der Waals surface area contributed by atoms with Gasteiger partial charge in [0.2, 0.25) is 12.2 Å². The van der Waals surface area contributed by atoms with E-state index < -0.39 is 6.29 Å². The molecular weight excluding hydrogens is 376 g/mol. The summed E-state index contributed by atoms with van der Waals surface area (Å²) in [6, 6.07) is 0. The van der Waals surface area contributed by atoms with Crippen molar-refractivity contribution in [3.8, 4) is 0 Å². The molecular formula is C21H42N2O6. The molecule has 8 nitrogen and oxygen atoms in total. The molecule has 0 bridgehead atoms. The highest BCUT2D eigenvalue weighted by atomic mass is 16.7. The lowest BCUT2D eigenvalue weighted by Crippen LogP contribution is -2.32.